The lowest BCUT2D eigenvalue weighted by Gasteiger charge is -2.29. The molecule has 0 unspecified atom stereocenters. The number of hydrogen-bond donors (Lipinski definition) is 0. The molecule has 1 aromatic rings. The number of benzene rings is 1. The van der Waals surface area contributed by atoms with Crippen molar-refractivity contribution < 1.29 is 23.0 Å². The summed E-state index contributed by atoms with van der Waals surface area (Å²) in [6.45, 7) is 4.02. The third-order valence-electron chi connectivity index (χ3n) is 8.32. The minimum atomic E-state index is -0.921. The number of ether oxygens (including phenoxy) is 3. The summed E-state index contributed by atoms with van der Waals surface area (Å²) in [5, 5.41) is 0. The Labute approximate surface area is 212 Å². The van der Waals surface area contributed by atoms with Crippen molar-refractivity contribution in [3.8, 4) is 11.5 Å². The normalized spacial score (nSPS) is 24.9. The first-order chi connectivity index (χ1) is 17.1. The van der Waals surface area contributed by atoms with Gasteiger partial charge in [-0.1, -0.05) is 71.1 Å². The van der Waals surface area contributed by atoms with Crippen molar-refractivity contribution in [2.75, 3.05) is 26.9 Å². The molecule has 0 radical (unpaired) electrons. The molecular weight excluding hydrogens is 446 g/mol. The average Bonchev–Trinajstić information content (AvgIpc) is 2.89. The lowest BCUT2D eigenvalue weighted by Crippen LogP contribution is -2.21. The summed E-state index contributed by atoms with van der Waals surface area (Å²) in [4.78, 5) is 0. The van der Waals surface area contributed by atoms with Crippen molar-refractivity contribution in [2.24, 2.45) is 23.7 Å². The average molecular weight is 495 g/mol. The molecular formula is C30H48F2O3. The first kappa shape index (κ1) is 28.2. The second-order valence-corrected chi connectivity index (χ2v) is 11.1. The quantitative estimate of drug-likeness (QED) is 0.228. The Morgan fingerprint density at radius 2 is 1.11 bits per heavy atom. The molecule has 0 aromatic heterocycles. The molecule has 0 spiro atoms. The van der Waals surface area contributed by atoms with Crippen LogP contribution in [0.3, 0.4) is 0 Å². The predicted molar refractivity (Wildman–Crippen MR) is 138 cm³/mol. The second kappa shape index (κ2) is 15.7. The summed E-state index contributed by atoms with van der Waals surface area (Å²) in [6, 6.07) is 3.06. The van der Waals surface area contributed by atoms with Crippen LogP contribution in [0.2, 0.25) is 0 Å². The van der Waals surface area contributed by atoms with Crippen LogP contribution in [0.25, 0.3) is 0 Å². The van der Waals surface area contributed by atoms with E-state index in [1.54, 1.807) is 7.11 Å². The number of methoxy groups -OCH3 is 1. The van der Waals surface area contributed by atoms with Crippen molar-refractivity contribution in [2.45, 2.75) is 103 Å². The van der Waals surface area contributed by atoms with Gasteiger partial charge in [0.25, 0.3) is 0 Å². The van der Waals surface area contributed by atoms with Crippen molar-refractivity contribution in [3.63, 3.8) is 0 Å². The van der Waals surface area contributed by atoms with E-state index in [1.165, 1.54) is 76.3 Å². The largest absolute Gasteiger partial charge is 0.490 e. The molecule has 3 nitrogen and oxygen atoms in total. The van der Waals surface area contributed by atoms with E-state index in [0.717, 1.165) is 50.5 Å². The molecule has 2 aliphatic rings. The van der Waals surface area contributed by atoms with Crippen LogP contribution in [0.5, 0.6) is 11.5 Å². The molecule has 0 bridgehead atoms. The fourth-order valence-corrected chi connectivity index (χ4v) is 5.87. The van der Waals surface area contributed by atoms with Gasteiger partial charge in [0.2, 0.25) is 11.6 Å². The van der Waals surface area contributed by atoms with Crippen LogP contribution >= 0.6 is 0 Å². The van der Waals surface area contributed by atoms with E-state index in [4.69, 9.17) is 14.2 Å². The van der Waals surface area contributed by atoms with Crippen LogP contribution < -0.4 is 9.47 Å². The Morgan fingerprint density at radius 1 is 0.657 bits per heavy atom. The molecule has 35 heavy (non-hydrogen) atoms. The summed E-state index contributed by atoms with van der Waals surface area (Å²) in [6.07, 6.45) is 18.2. The van der Waals surface area contributed by atoms with E-state index < -0.39 is 11.6 Å². The zero-order valence-corrected chi connectivity index (χ0v) is 22.2. The maximum atomic E-state index is 14.7. The number of unbranched alkanes of at least 4 members (excludes halogenated alkanes) is 3. The number of hydrogen-bond acceptors (Lipinski definition) is 3. The highest BCUT2D eigenvalue weighted by Gasteiger charge is 2.24. The fourth-order valence-electron chi connectivity index (χ4n) is 5.87. The maximum Gasteiger partial charge on any atom is 0.204 e. The molecule has 0 amide bonds. The van der Waals surface area contributed by atoms with Gasteiger partial charge >= 0.3 is 0 Å². The number of rotatable bonds is 15. The molecule has 0 N–H and O–H groups in total. The SMILES string of the molecule is CCCCC1CCC(COc2ccc(OCC3CCC(CCCCCOC)CC3)c(F)c2F)CC1. The van der Waals surface area contributed by atoms with Crippen LogP contribution in [-0.4, -0.2) is 26.9 Å². The molecule has 0 atom stereocenters. The molecule has 0 heterocycles. The summed E-state index contributed by atoms with van der Waals surface area (Å²) in [5.74, 6) is 0.661. The molecule has 3 rings (SSSR count). The maximum absolute atomic E-state index is 14.7. The van der Waals surface area contributed by atoms with Gasteiger partial charge in [-0.25, -0.2) is 0 Å². The van der Waals surface area contributed by atoms with Crippen molar-refractivity contribution in [1.82, 2.24) is 0 Å². The highest BCUT2D eigenvalue weighted by Crippen LogP contribution is 2.35. The van der Waals surface area contributed by atoms with Crippen molar-refractivity contribution in [1.29, 1.82) is 0 Å². The lowest BCUT2D eigenvalue weighted by molar-refractivity contribution is 0.165. The zero-order chi connectivity index (χ0) is 24.9. The lowest BCUT2D eigenvalue weighted by atomic mass is 9.80. The van der Waals surface area contributed by atoms with Crippen LogP contribution in [0.15, 0.2) is 12.1 Å². The number of halogens is 2. The van der Waals surface area contributed by atoms with Gasteiger partial charge in [0, 0.05) is 13.7 Å². The minimum Gasteiger partial charge on any atom is -0.490 e. The molecule has 2 aliphatic carbocycles. The van der Waals surface area contributed by atoms with E-state index in [9.17, 15) is 8.78 Å². The summed E-state index contributed by atoms with van der Waals surface area (Å²) < 4.78 is 45.8. The topological polar surface area (TPSA) is 27.7 Å². The van der Waals surface area contributed by atoms with Gasteiger partial charge in [-0.2, -0.15) is 8.78 Å². The standard InChI is InChI=1S/C30H48F2O3/c1-3-4-8-23-10-14-25(15-11-23)21-34-27-18-19-28(30(32)29(27)31)35-22-26-16-12-24(13-17-26)9-6-5-7-20-33-2/h18-19,23-26H,3-17,20-22H2,1-2H3. The molecule has 2 saturated carbocycles. The molecule has 0 saturated heterocycles. The van der Waals surface area contributed by atoms with Crippen LogP contribution in [0.1, 0.15) is 103 Å². The third kappa shape index (κ3) is 9.55. The Kier molecular flexibility index (Phi) is 12.6. The molecule has 200 valence electrons. The zero-order valence-electron chi connectivity index (χ0n) is 22.2. The third-order valence-corrected chi connectivity index (χ3v) is 8.32. The van der Waals surface area contributed by atoms with Gasteiger partial charge in [0.15, 0.2) is 11.5 Å². The monoisotopic (exact) mass is 494 g/mol. The predicted octanol–water partition coefficient (Wildman–Crippen LogP) is 8.73. The Hall–Kier alpha value is -1.36. The van der Waals surface area contributed by atoms with Crippen LogP contribution in [-0.2, 0) is 4.74 Å². The van der Waals surface area contributed by atoms with E-state index in [-0.39, 0.29) is 11.5 Å². The van der Waals surface area contributed by atoms with E-state index in [2.05, 4.69) is 6.92 Å². The minimum absolute atomic E-state index is 0.00606. The first-order valence-corrected chi connectivity index (χ1v) is 14.3. The Bertz CT molecular complexity index is 710. The van der Waals surface area contributed by atoms with Crippen molar-refractivity contribution in [3.05, 3.63) is 23.8 Å². The van der Waals surface area contributed by atoms with Gasteiger partial charge in [-0.05, 0) is 67.9 Å². The molecule has 0 aliphatic heterocycles. The van der Waals surface area contributed by atoms with Gasteiger partial charge < -0.3 is 14.2 Å². The smallest absolute Gasteiger partial charge is 0.204 e. The van der Waals surface area contributed by atoms with Crippen LogP contribution in [0, 0.1) is 35.3 Å². The Morgan fingerprint density at radius 3 is 1.57 bits per heavy atom. The summed E-state index contributed by atoms with van der Waals surface area (Å²) in [5.41, 5.74) is 0. The van der Waals surface area contributed by atoms with E-state index >= 15 is 0 Å². The fraction of sp³-hybridized carbons (Fsp3) is 0.800. The molecule has 5 heteroatoms. The highest BCUT2D eigenvalue weighted by atomic mass is 19.2. The van der Waals surface area contributed by atoms with E-state index in [1.807, 2.05) is 0 Å². The van der Waals surface area contributed by atoms with Gasteiger partial charge in [0.05, 0.1) is 13.2 Å². The highest BCUT2D eigenvalue weighted by molar-refractivity contribution is 5.35. The molecule has 1 aromatic carbocycles. The molecule has 2 fully saturated rings. The van der Waals surface area contributed by atoms with Gasteiger partial charge in [0.1, 0.15) is 0 Å². The van der Waals surface area contributed by atoms with E-state index in [0.29, 0.717) is 25.0 Å². The van der Waals surface area contributed by atoms with Crippen molar-refractivity contribution >= 4 is 0 Å². The summed E-state index contributed by atoms with van der Waals surface area (Å²) in [7, 11) is 1.76. The van der Waals surface area contributed by atoms with Gasteiger partial charge in [-0.15, -0.1) is 0 Å². The second-order valence-electron chi connectivity index (χ2n) is 11.1. The summed E-state index contributed by atoms with van der Waals surface area (Å²) >= 11 is 0. The van der Waals surface area contributed by atoms with Crippen LogP contribution in [0.4, 0.5) is 8.78 Å². The van der Waals surface area contributed by atoms with Gasteiger partial charge in [-0.3, -0.25) is 0 Å². The Balaban J connectivity index is 1.35. The first-order valence-electron chi connectivity index (χ1n) is 14.3.